The van der Waals surface area contributed by atoms with Gasteiger partial charge in [0.05, 0.1) is 11.4 Å². The zero-order valence-electron chi connectivity index (χ0n) is 25.4. The third-order valence-corrected chi connectivity index (χ3v) is 9.32. The Morgan fingerprint density at radius 3 is 1.40 bits per heavy atom. The second kappa shape index (κ2) is 13.0. The molecule has 0 atom stereocenters. The van der Waals surface area contributed by atoms with Crippen molar-refractivity contribution >= 4 is 23.8 Å². The molecule has 220 valence electrons. The van der Waals surface area contributed by atoms with Crippen LogP contribution in [0, 0.1) is 13.8 Å². The third kappa shape index (κ3) is 6.59. The van der Waals surface area contributed by atoms with Crippen molar-refractivity contribution in [2.24, 2.45) is 9.98 Å². The van der Waals surface area contributed by atoms with Crippen molar-refractivity contribution in [3.8, 4) is 11.5 Å². The first-order chi connectivity index (χ1) is 21.0. The van der Waals surface area contributed by atoms with Crippen LogP contribution in [0.5, 0.6) is 11.5 Å². The van der Waals surface area contributed by atoms with Crippen LogP contribution in [0.15, 0.2) is 82.8 Å². The van der Waals surface area contributed by atoms with E-state index in [2.05, 4.69) is 38.1 Å². The second-order valence-electron chi connectivity index (χ2n) is 12.5. The summed E-state index contributed by atoms with van der Waals surface area (Å²) in [5.41, 5.74) is 11.3. The molecule has 2 N–H and O–H groups in total. The first kappa shape index (κ1) is 28.9. The van der Waals surface area contributed by atoms with E-state index in [1.165, 1.54) is 84.7 Å². The normalized spacial score (nSPS) is 16.2. The third-order valence-electron chi connectivity index (χ3n) is 9.32. The molecule has 4 heteroatoms. The van der Waals surface area contributed by atoms with Crippen molar-refractivity contribution in [1.29, 1.82) is 0 Å². The summed E-state index contributed by atoms with van der Waals surface area (Å²) in [6.07, 6.45) is 14.4. The standard InChI is InChI=1S/C39H42N2O2/c1-26-19-28(22-34(30-11-3-4-12-30)38(26)40-24-32-15-7-9-17-36(32)42)21-29-20-27(2)39(35(23-29)31-13-5-6-14-31)41-25-33-16-8-10-18-37(33)43/h7-10,15-20,22-25,30-31,42-43H,3-6,11-14,21H2,1-2H3. The highest BCUT2D eigenvalue weighted by Gasteiger charge is 2.24. The van der Waals surface area contributed by atoms with Crippen molar-refractivity contribution in [3.63, 3.8) is 0 Å². The number of hydrogen-bond donors (Lipinski definition) is 2. The summed E-state index contributed by atoms with van der Waals surface area (Å²) in [7, 11) is 0. The summed E-state index contributed by atoms with van der Waals surface area (Å²) in [5.74, 6) is 1.56. The van der Waals surface area contributed by atoms with Crippen molar-refractivity contribution in [1.82, 2.24) is 0 Å². The Morgan fingerprint density at radius 2 is 1.00 bits per heavy atom. The topological polar surface area (TPSA) is 65.2 Å². The minimum atomic E-state index is 0.254. The monoisotopic (exact) mass is 570 g/mol. The smallest absolute Gasteiger partial charge is 0.124 e. The van der Waals surface area contributed by atoms with Gasteiger partial charge in [-0.05, 0) is 115 Å². The lowest BCUT2D eigenvalue weighted by Crippen LogP contribution is -2.01. The van der Waals surface area contributed by atoms with Gasteiger partial charge in [-0.25, -0.2) is 0 Å². The molecule has 4 nitrogen and oxygen atoms in total. The van der Waals surface area contributed by atoms with E-state index < -0.39 is 0 Å². The molecule has 0 aromatic heterocycles. The average Bonchev–Trinajstić information content (AvgIpc) is 3.73. The molecule has 0 heterocycles. The molecular formula is C39H42N2O2. The molecule has 0 spiro atoms. The van der Waals surface area contributed by atoms with Gasteiger partial charge in [-0.2, -0.15) is 0 Å². The molecule has 6 rings (SSSR count). The maximum absolute atomic E-state index is 10.3. The minimum Gasteiger partial charge on any atom is -0.507 e. The van der Waals surface area contributed by atoms with Gasteiger partial charge in [0.15, 0.2) is 0 Å². The molecular weight excluding hydrogens is 528 g/mol. The first-order valence-corrected chi connectivity index (χ1v) is 15.9. The Bertz CT molecular complexity index is 1530. The van der Waals surface area contributed by atoms with Crippen molar-refractivity contribution < 1.29 is 10.2 Å². The number of rotatable bonds is 8. The van der Waals surface area contributed by atoms with Crippen LogP contribution in [0.4, 0.5) is 11.4 Å². The van der Waals surface area contributed by atoms with Gasteiger partial charge in [-0.15, -0.1) is 0 Å². The van der Waals surface area contributed by atoms with E-state index in [0.717, 1.165) is 28.9 Å². The fourth-order valence-electron chi connectivity index (χ4n) is 7.12. The number of phenols is 2. The van der Waals surface area contributed by atoms with E-state index in [1.54, 1.807) is 12.1 Å². The van der Waals surface area contributed by atoms with Crippen molar-refractivity contribution in [2.75, 3.05) is 0 Å². The fourth-order valence-corrected chi connectivity index (χ4v) is 7.12. The van der Waals surface area contributed by atoms with Gasteiger partial charge in [0.25, 0.3) is 0 Å². The summed E-state index contributed by atoms with van der Waals surface area (Å²) in [5, 5.41) is 20.6. The number of aryl methyl sites for hydroxylation is 2. The predicted octanol–water partition coefficient (Wildman–Crippen LogP) is 10.1. The van der Waals surface area contributed by atoms with E-state index in [9.17, 15) is 10.2 Å². The Hall–Kier alpha value is -4.18. The molecule has 43 heavy (non-hydrogen) atoms. The Balaban J connectivity index is 1.35. The van der Waals surface area contributed by atoms with Crippen LogP contribution in [0.3, 0.4) is 0 Å². The molecule has 0 bridgehead atoms. The molecule has 0 unspecified atom stereocenters. The number of aromatic hydroxyl groups is 2. The zero-order valence-corrected chi connectivity index (χ0v) is 25.4. The van der Waals surface area contributed by atoms with Gasteiger partial charge in [0.2, 0.25) is 0 Å². The molecule has 4 aromatic rings. The molecule has 2 aliphatic carbocycles. The molecule has 0 saturated heterocycles. The number of aliphatic imine (C=N–C) groups is 2. The molecule has 0 radical (unpaired) electrons. The molecule has 0 aliphatic heterocycles. The largest absolute Gasteiger partial charge is 0.507 e. The van der Waals surface area contributed by atoms with Crippen LogP contribution in [0.1, 0.15) is 108 Å². The first-order valence-electron chi connectivity index (χ1n) is 15.9. The average molecular weight is 571 g/mol. The number of nitrogens with zero attached hydrogens (tertiary/aromatic N) is 2. The van der Waals surface area contributed by atoms with Crippen LogP contribution >= 0.6 is 0 Å². The van der Waals surface area contributed by atoms with Crippen LogP contribution in [0.2, 0.25) is 0 Å². The van der Waals surface area contributed by atoms with Crippen LogP contribution in [-0.2, 0) is 6.42 Å². The van der Waals surface area contributed by atoms with E-state index in [1.807, 2.05) is 48.8 Å². The molecule has 2 fully saturated rings. The van der Waals surface area contributed by atoms with E-state index in [0.29, 0.717) is 11.8 Å². The number of phenolic OH excluding ortho intramolecular Hbond substituents is 2. The quantitative estimate of drug-likeness (QED) is 0.207. The molecule has 2 aliphatic rings. The van der Waals surface area contributed by atoms with Gasteiger partial charge < -0.3 is 10.2 Å². The Morgan fingerprint density at radius 1 is 0.605 bits per heavy atom. The van der Waals surface area contributed by atoms with Crippen LogP contribution in [0.25, 0.3) is 0 Å². The molecule has 2 saturated carbocycles. The number of para-hydroxylation sites is 2. The lowest BCUT2D eigenvalue weighted by Gasteiger charge is -2.19. The van der Waals surface area contributed by atoms with Gasteiger partial charge >= 0.3 is 0 Å². The summed E-state index contributed by atoms with van der Waals surface area (Å²) in [6, 6.07) is 24.1. The van der Waals surface area contributed by atoms with Gasteiger partial charge in [0.1, 0.15) is 11.5 Å². The second-order valence-corrected chi connectivity index (χ2v) is 12.5. The van der Waals surface area contributed by atoms with E-state index in [4.69, 9.17) is 9.98 Å². The highest BCUT2D eigenvalue weighted by atomic mass is 16.3. The summed E-state index contributed by atoms with van der Waals surface area (Å²) < 4.78 is 0. The molecule has 0 amide bonds. The lowest BCUT2D eigenvalue weighted by molar-refractivity contribution is 0.474. The van der Waals surface area contributed by atoms with Crippen LogP contribution < -0.4 is 0 Å². The molecule has 4 aromatic carbocycles. The van der Waals surface area contributed by atoms with Gasteiger partial charge in [0, 0.05) is 23.6 Å². The number of hydrogen-bond acceptors (Lipinski definition) is 4. The van der Waals surface area contributed by atoms with E-state index in [-0.39, 0.29) is 11.5 Å². The van der Waals surface area contributed by atoms with Crippen molar-refractivity contribution in [2.45, 2.75) is 83.5 Å². The Labute approximate surface area is 255 Å². The summed E-state index contributed by atoms with van der Waals surface area (Å²) >= 11 is 0. The highest BCUT2D eigenvalue weighted by molar-refractivity contribution is 5.87. The number of benzene rings is 4. The minimum absolute atomic E-state index is 0.254. The lowest BCUT2D eigenvalue weighted by atomic mass is 9.88. The zero-order chi connectivity index (χ0) is 29.8. The van der Waals surface area contributed by atoms with Crippen LogP contribution in [-0.4, -0.2) is 22.6 Å². The Kier molecular flexibility index (Phi) is 8.74. The van der Waals surface area contributed by atoms with Crippen molar-refractivity contribution in [3.05, 3.63) is 117 Å². The highest BCUT2D eigenvalue weighted by Crippen LogP contribution is 2.43. The predicted molar refractivity (Wildman–Crippen MR) is 178 cm³/mol. The maximum Gasteiger partial charge on any atom is 0.124 e. The van der Waals surface area contributed by atoms with Gasteiger partial charge in [-0.1, -0.05) is 74.2 Å². The van der Waals surface area contributed by atoms with Gasteiger partial charge in [-0.3, -0.25) is 9.98 Å². The fraction of sp³-hybridized carbons (Fsp3) is 0.333. The maximum atomic E-state index is 10.3. The summed E-state index contributed by atoms with van der Waals surface area (Å²) in [4.78, 5) is 9.91. The SMILES string of the molecule is Cc1cc(Cc2cc(C)c(N=Cc3ccccc3O)c(C3CCCC3)c2)cc(C2CCCC2)c1N=Cc1ccccc1O. The van der Waals surface area contributed by atoms with E-state index >= 15 is 0 Å². The summed E-state index contributed by atoms with van der Waals surface area (Å²) in [6.45, 7) is 4.34.